The first-order valence-corrected chi connectivity index (χ1v) is 5.48. The van der Waals surface area contributed by atoms with Gasteiger partial charge in [-0.1, -0.05) is 6.07 Å². The molecule has 0 aromatic carbocycles. The minimum Gasteiger partial charge on any atom is -0.317 e. The normalized spacial score (nSPS) is 10.9. The third kappa shape index (κ3) is 1.08. The van der Waals surface area contributed by atoms with E-state index in [4.69, 9.17) is 0 Å². The quantitative estimate of drug-likeness (QED) is 0.563. The Morgan fingerprint density at radius 3 is 2.86 bits per heavy atom. The second-order valence-electron chi connectivity index (χ2n) is 3.23. The summed E-state index contributed by atoms with van der Waals surface area (Å²) in [5, 5.41) is 4.28. The zero-order valence-corrected chi connectivity index (χ0v) is 8.37. The Kier molecular flexibility index (Phi) is 1.67. The summed E-state index contributed by atoms with van der Waals surface area (Å²) in [6.45, 7) is 0. The highest BCUT2D eigenvalue weighted by molar-refractivity contribution is 7.08. The predicted octanol–water partition coefficient (Wildman–Crippen LogP) is 3.67. The lowest BCUT2D eigenvalue weighted by Crippen LogP contribution is -1.84. The molecule has 0 radical (unpaired) electrons. The number of hydrogen-bond acceptors (Lipinski definition) is 1. The van der Waals surface area contributed by atoms with Crippen LogP contribution in [0.1, 0.15) is 0 Å². The maximum Gasteiger partial charge on any atom is 0.0536 e. The molecule has 3 aromatic rings. The topological polar surface area (TPSA) is 4.41 Å². The highest BCUT2D eigenvalue weighted by atomic mass is 32.1. The van der Waals surface area contributed by atoms with Crippen LogP contribution in [0.25, 0.3) is 16.8 Å². The standard InChI is InChI=1S/C12H9NS/c1-2-7-13-11(3-1)4-5-12(13)10-6-8-14-9-10/h1-9H. The van der Waals surface area contributed by atoms with E-state index in [2.05, 4.69) is 57.8 Å². The number of nitrogens with zero attached hydrogens (tertiary/aromatic N) is 1. The van der Waals surface area contributed by atoms with Crippen molar-refractivity contribution in [3.8, 4) is 11.3 Å². The van der Waals surface area contributed by atoms with Gasteiger partial charge in [0.05, 0.1) is 5.69 Å². The van der Waals surface area contributed by atoms with Gasteiger partial charge in [-0.15, -0.1) is 0 Å². The lowest BCUT2D eigenvalue weighted by atomic mass is 10.2. The maximum absolute atomic E-state index is 2.21. The molecule has 0 N–H and O–H groups in total. The molecular formula is C12H9NS. The molecule has 0 bridgehead atoms. The van der Waals surface area contributed by atoms with E-state index in [-0.39, 0.29) is 0 Å². The smallest absolute Gasteiger partial charge is 0.0536 e. The molecule has 0 unspecified atom stereocenters. The molecule has 0 fully saturated rings. The van der Waals surface area contributed by atoms with Crippen molar-refractivity contribution in [1.82, 2.24) is 4.40 Å². The molecule has 0 saturated heterocycles. The largest absolute Gasteiger partial charge is 0.317 e. The van der Waals surface area contributed by atoms with E-state index in [0.29, 0.717) is 0 Å². The summed E-state index contributed by atoms with van der Waals surface area (Å²) in [5.74, 6) is 0. The molecule has 0 aliphatic rings. The fraction of sp³-hybridized carbons (Fsp3) is 0. The molecule has 0 aliphatic heterocycles. The fourth-order valence-corrected chi connectivity index (χ4v) is 2.35. The Hall–Kier alpha value is -1.54. The third-order valence-corrected chi connectivity index (χ3v) is 3.06. The summed E-state index contributed by atoms with van der Waals surface area (Å²) < 4.78 is 2.21. The Labute approximate surface area is 86.2 Å². The van der Waals surface area contributed by atoms with Crippen molar-refractivity contribution in [3.05, 3.63) is 53.4 Å². The van der Waals surface area contributed by atoms with Crippen molar-refractivity contribution >= 4 is 16.9 Å². The van der Waals surface area contributed by atoms with Gasteiger partial charge in [-0.3, -0.25) is 0 Å². The van der Waals surface area contributed by atoms with Crippen LogP contribution in [0, 0.1) is 0 Å². The van der Waals surface area contributed by atoms with Gasteiger partial charge >= 0.3 is 0 Å². The van der Waals surface area contributed by atoms with Crippen LogP contribution < -0.4 is 0 Å². The molecule has 2 heteroatoms. The zero-order chi connectivity index (χ0) is 9.38. The van der Waals surface area contributed by atoms with Gasteiger partial charge in [0.1, 0.15) is 0 Å². The molecule has 1 nitrogen and oxygen atoms in total. The SMILES string of the molecule is c1ccn2c(-c3ccsc3)ccc2c1. The molecule has 14 heavy (non-hydrogen) atoms. The van der Waals surface area contributed by atoms with E-state index in [1.807, 2.05) is 0 Å². The second kappa shape index (κ2) is 3.00. The van der Waals surface area contributed by atoms with E-state index in [0.717, 1.165) is 0 Å². The summed E-state index contributed by atoms with van der Waals surface area (Å²) in [6, 6.07) is 12.7. The average molecular weight is 199 g/mol. The van der Waals surface area contributed by atoms with Gasteiger partial charge in [0.2, 0.25) is 0 Å². The van der Waals surface area contributed by atoms with E-state index in [1.165, 1.54) is 16.8 Å². The number of pyridine rings is 1. The molecule has 3 aromatic heterocycles. The lowest BCUT2D eigenvalue weighted by molar-refractivity contribution is 1.21. The zero-order valence-electron chi connectivity index (χ0n) is 7.55. The van der Waals surface area contributed by atoms with Crippen LogP contribution in [0.2, 0.25) is 0 Å². The molecule has 0 atom stereocenters. The molecule has 3 rings (SSSR count). The van der Waals surface area contributed by atoms with Crippen LogP contribution in [-0.4, -0.2) is 4.40 Å². The van der Waals surface area contributed by atoms with Crippen LogP contribution in [0.5, 0.6) is 0 Å². The van der Waals surface area contributed by atoms with Crippen molar-refractivity contribution in [2.75, 3.05) is 0 Å². The van der Waals surface area contributed by atoms with Crippen molar-refractivity contribution in [1.29, 1.82) is 0 Å². The molecule has 68 valence electrons. The van der Waals surface area contributed by atoms with Crippen molar-refractivity contribution in [3.63, 3.8) is 0 Å². The Balaban J connectivity index is 2.33. The van der Waals surface area contributed by atoms with Crippen LogP contribution in [0.3, 0.4) is 0 Å². The summed E-state index contributed by atoms with van der Waals surface area (Å²) in [6.07, 6.45) is 2.10. The molecular weight excluding hydrogens is 190 g/mol. The first-order valence-electron chi connectivity index (χ1n) is 4.54. The average Bonchev–Trinajstić information content (AvgIpc) is 2.85. The highest BCUT2D eigenvalue weighted by Gasteiger charge is 2.02. The predicted molar refractivity (Wildman–Crippen MR) is 60.7 cm³/mol. The first-order chi connectivity index (χ1) is 6.95. The summed E-state index contributed by atoms with van der Waals surface area (Å²) >= 11 is 1.73. The highest BCUT2D eigenvalue weighted by Crippen LogP contribution is 2.24. The number of rotatable bonds is 1. The van der Waals surface area contributed by atoms with Crippen LogP contribution in [0.4, 0.5) is 0 Å². The molecule has 0 aliphatic carbocycles. The van der Waals surface area contributed by atoms with Crippen LogP contribution in [-0.2, 0) is 0 Å². The minimum absolute atomic E-state index is 1.24. The van der Waals surface area contributed by atoms with Gasteiger partial charge in [-0.05, 0) is 35.7 Å². The van der Waals surface area contributed by atoms with E-state index < -0.39 is 0 Å². The van der Waals surface area contributed by atoms with Gasteiger partial charge in [-0.25, -0.2) is 0 Å². The van der Waals surface area contributed by atoms with Crippen LogP contribution >= 0.6 is 11.3 Å². The monoisotopic (exact) mass is 199 g/mol. The van der Waals surface area contributed by atoms with Gasteiger partial charge < -0.3 is 4.40 Å². The second-order valence-corrected chi connectivity index (χ2v) is 4.01. The number of hydrogen-bond donors (Lipinski definition) is 0. The van der Waals surface area contributed by atoms with E-state index in [9.17, 15) is 0 Å². The van der Waals surface area contributed by atoms with Crippen molar-refractivity contribution in [2.45, 2.75) is 0 Å². The third-order valence-electron chi connectivity index (χ3n) is 2.38. The Bertz CT molecular complexity index is 548. The molecule has 0 saturated carbocycles. The first kappa shape index (κ1) is 7.83. The van der Waals surface area contributed by atoms with Gasteiger partial charge in [0.15, 0.2) is 0 Å². The van der Waals surface area contributed by atoms with Gasteiger partial charge in [-0.2, -0.15) is 11.3 Å². The van der Waals surface area contributed by atoms with Crippen molar-refractivity contribution < 1.29 is 0 Å². The summed E-state index contributed by atoms with van der Waals surface area (Å²) in [5.41, 5.74) is 3.80. The van der Waals surface area contributed by atoms with Gasteiger partial charge in [0, 0.05) is 22.7 Å². The van der Waals surface area contributed by atoms with Crippen LogP contribution in [0.15, 0.2) is 53.4 Å². The number of aromatic nitrogens is 1. The van der Waals surface area contributed by atoms with Gasteiger partial charge in [0.25, 0.3) is 0 Å². The Morgan fingerprint density at radius 1 is 1.00 bits per heavy atom. The fourth-order valence-electron chi connectivity index (χ4n) is 1.70. The summed E-state index contributed by atoms with van der Waals surface area (Å²) in [7, 11) is 0. The van der Waals surface area contributed by atoms with E-state index in [1.54, 1.807) is 11.3 Å². The van der Waals surface area contributed by atoms with Crippen molar-refractivity contribution in [2.24, 2.45) is 0 Å². The molecule has 3 heterocycles. The minimum atomic E-state index is 1.24. The molecule has 0 spiro atoms. The van der Waals surface area contributed by atoms with E-state index >= 15 is 0 Å². The lowest BCUT2D eigenvalue weighted by Gasteiger charge is -1.99. The number of fused-ring (bicyclic) bond motifs is 1. The number of thiophene rings is 1. The Morgan fingerprint density at radius 2 is 2.00 bits per heavy atom. The molecule has 0 amide bonds. The summed E-state index contributed by atoms with van der Waals surface area (Å²) in [4.78, 5) is 0. The maximum atomic E-state index is 2.21.